The van der Waals surface area contributed by atoms with Crippen molar-refractivity contribution in [1.29, 1.82) is 0 Å². The second-order valence-corrected chi connectivity index (χ2v) is 6.83. The smallest absolute Gasteiger partial charge is 0.309 e. The molecule has 1 heterocycles. The van der Waals surface area contributed by atoms with Crippen molar-refractivity contribution in [3.63, 3.8) is 0 Å². The summed E-state index contributed by atoms with van der Waals surface area (Å²) in [6.45, 7) is 0. The summed E-state index contributed by atoms with van der Waals surface area (Å²) in [6, 6.07) is 5.60. The molecule has 1 aromatic carbocycles. The van der Waals surface area contributed by atoms with Gasteiger partial charge in [0.05, 0.1) is 10.0 Å². The van der Waals surface area contributed by atoms with Gasteiger partial charge in [-0.15, -0.1) is 11.8 Å². The molecule has 21 heavy (non-hydrogen) atoms. The molecule has 1 N–H and O–H groups in total. The van der Waals surface area contributed by atoms with Gasteiger partial charge in [-0.05, 0) is 43.4 Å². The Kier molecular flexibility index (Phi) is 4.57. The zero-order valence-corrected chi connectivity index (χ0v) is 13.6. The summed E-state index contributed by atoms with van der Waals surface area (Å²) in [5.41, 5.74) is 3.07. The number of thioether (sulfide) groups is 1. The van der Waals surface area contributed by atoms with E-state index in [1.54, 1.807) is 17.8 Å². The van der Waals surface area contributed by atoms with E-state index < -0.39 is 0 Å². The number of aromatic nitrogens is 2. The highest BCUT2D eigenvalue weighted by Crippen LogP contribution is 2.31. The zero-order valence-electron chi connectivity index (χ0n) is 11.3. The molecule has 1 aliphatic carbocycles. The van der Waals surface area contributed by atoms with Gasteiger partial charge in [0.1, 0.15) is 5.03 Å². The highest BCUT2D eigenvalue weighted by Gasteiger charge is 2.16. The van der Waals surface area contributed by atoms with E-state index in [4.69, 9.17) is 23.2 Å². The van der Waals surface area contributed by atoms with Crippen LogP contribution in [0.5, 0.6) is 0 Å². The van der Waals surface area contributed by atoms with E-state index in [2.05, 4.69) is 9.97 Å². The van der Waals surface area contributed by atoms with Crippen molar-refractivity contribution >= 4 is 35.0 Å². The van der Waals surface area contributed by atoms with Crippen LogP contribution in [-0.2, 0) is 18.6 Å². The second-order valence-electron chi connectivity index (χ2n) is 5.05. The van der Waals surface area contributed by atoms with Gasteiger partial charge in [-0.2, -0.15) is 4.98 Å². The Morgan fingerprint density at radius 1 is 1.19 bits per heavy atom. The summed E-state index contributed by atoms with van der Waals surface area (Å²) in [6.07, 6.45) is 4.21. The first kappa shape index (κ1) is 14.9. The first-order valence-corrected chi connectivity index (χ1v) is 8.56. The van der Waals surface area contributed by atoms with E-state index in [0.717, 1.165) is 47.7 Å². The van der Waals surface area contributed by atoms with Crippen molar-refractivity contribution in [2.24, 2.45) is 0 Å². The molecule has 0 bridgehead atoms. The number of nitrogens with one attached hydrogen (secondary N) is 1. The minimum Gasteiger partial charge on any atom is -0.309 e. The Morgan fingerprint density at radius 2 is 2.00 bits per heavy atom. The van der Waals surface area contributed by atoms with Crippen molar-refractivity contribution in [3.8, 4) is 0 Å². The number of hydrogen-bond acceptors (Lipinski definition) is 3. The summed E-state index contributed by atoms with van der Waals surface area (Å²) in [7, 11) is 0. The van der Waals surface area contributed by atoms with E-state index in [1.807, 2.05) is 12.1 Å². The van der Waals surface area contributed by atoms with Crippen LogP contribution in [0.25, 0.3) is 0 Å². The maximum Gasteiger partial charge on any atom is 0.346 e. The van der Waals surface area contributed by atoms with E-state index in [-0.39, 0.29) is 5.69 Å². The minimum atomic E-state index is -0.257. The van der Waals surface area contributed by atoms with Gasteiger partial charge in [0.2, 0.25) is 0 Å². The molecule has 0 radical (unpaired) electrons. The van der Waals surface area contributed by atoms with Crippen molar-refractivity contribution in [2.75, 3.05) is 0 Å². The zero-order chi connectivity index (χ0) is 14.8. The maximum atomic E-state index is 11.7. The van der Waals surface area contributed by atoms with E-state index in [1.165, 1.54) is 5.56 Å². The van der Waals surface area contributed by atoms with Crippen molar-refractivity contribution < 1.29 is 0 Å². The number of rotatable bonds is 3. The fourth-order valence-electron chi connectivity index (χ4n) is 2.50. The maximum absolute atomic E-state index is 11.7. The number of nitrogens with zero attached hydrogens (tertiary/aromatic N) is 1. The quantitative estimate of drug-likeness (QED) is 0.671. The molecule has 0 saturated carbocycles. The van der Waals surface area contributed by atoms with Crippen molar-refractivity contribution in [3.05, 3.63) is 55.5 Å². The van der Waals surface area contributed by atoms with Gasteiger partial charge in [0, 0.05) is 17.0 Å². The first-order valence-electron chi connectivity index (χ1n) is 6.82. The number of aromatic amines is 1. The average Bonchev–Trinajstić information content (AvgIpc) is 2.48. The SMILES string of the molecule is O=c1nc(SCc2ccc(Cl)c(Cl)c2)c2c([nH]1)CCCC2. The fraction of sp³-hybridized carbons (Fsp3) is 0.333. The van der Waals surface area contributed by atoms with Crippen LogP contribution < -0.4 is 5.69 Å². The molecule has 0 fully saturated rings. The molecule has 3 rings (SSSR count). The lowest BCUT2D eigenvalue weighted by Gasteiger charge is -2.17. The lowest BCUT2D eigenvalue weighted by Crippen LogP contribution is -2.19. The number of hydrogen-bond donors (Lipinski definition) is 1. The Morgan fingerprint density at radius 3 is 2.81 bits per heavy atom. The Bertz CT molecular complexity index is 730. The van der Waals surface area contributed by atoms with Crippen LogP contribution in [-0.4, -0.2) is 9.97 Å². The van der Waals surface area contributed by atoms with Crippen LogP contribution in [0.3, 0.4) is 0 Å². The largest absolute Gasteiger partial charge is 0.346 e. The van der Waals surface area contributed by atoms with Gasteiger partial charge in [-0.1, -0.05) is 29.3 Å². The van der Waals surface area contributed by atoms with Gasteiger partial charge in [-0.25, -0.2) is 4.79 Å². The van der Waals surface area contributed by atoms with Gasteiger partial charge in [-0.3, -0.25) is 0 Å². The summed E-state index contributed by atoms with van der Waals surface area (Å²) in [4.78, 5) is 18.7. The minimum absolute atomic E-state index is 0.257. The first-order chi connectivity index (χ1) is 10.1. The lowest BCUT2D eigenvalue weighted by atomic mass is 9.98. The fourth-order valence-corrected chi connectivity index (χ4v) is 3.85. The van der Waals surface area contributed by atoms with Gasteiger partial charge < -0.3 is 4.98 Å². The van der Waals surface area contributed by atoms with Crippen LogP contribution in [0.15, 0.2) is 28.0 Å². The standard InChI is InChI=1S/C15H14Cl2N2OS/c16-11-6-5-9(7-12(11)17)8-21-14-10-3-1-2-4-13(10)18-15(20)19-14/h5-7H,1-4,8H2,(H,18,19,20). The lowest BCUT2D eigenvalue weighted by molar-refractivity contribution is 0.639. The molecule has 1 aromatic heterocycles. The molecular formula is C15H14Cl2N2OS. The third-order valence-corrected chi connectivity index (χ3v) is 5.37. The molecule has 0 atom stereocenters. The molecule has 0 aliphatic heterocycles. The highest BCUT2D eigenvalue weighted by molar-refractivity contribution is 7.98. The number of H-pyrrole nitrogens is 1. The molecule has 1 aliphatic rings. The number of fused-ring (bicyclic) bond motifs is 1. The van der Waals surface area contributed by atoms with E-state index >= 15 is 0 Å². The van der Waals surface area contributed by atoms with Crippen LogP contribution in [0.4, 0.5) is 0 Å². The summed E-state index contributed by atoms with van der Waals surface area (Å²) in [5, 5.41) is 1.95. The third kappa shape index (κ3) is 3.44. The third-order valence-electron chi connectivity index (χ3n) is 3.55. The molecule has 3 nitrogen and oxygen atoms in total. The van der Waals surface area contributed by atoms with Crippen LogP contribution in [0.2, 0.25) is 10.0 Å². The molecule has 110 valence electrons. The predicted octanol–water partition coefficient (Wildman–Crippen LogP) is 4.25. The summed E-state index contributed by atoms with van der Waals surface area (Å²) >= 11 is 13.5. The molecular weight excluding hydrogens is 327 g/mol. The molecule has 0 saturated heterocycles. The Hall–Kier alpha value is -0.970. The number of halogens is 2. The molecule has 2 aromatic rings. The normalized spacial score (nSPS) is 14.0. The van der Waals surface area contributed by atoms with E-state index in [0.29, 0.717) is 10.0 Å². The van der Waals surface area contributed by atoms with Crippen LogP contribution >= 0.6 is 35.0 Å². The Balaban J connectivity index is 1.83. The monoisotopic (exact) mass is 340 g/mol. The topological polar surface area (TPSA) is 45.8 Å². The summed E-state index contributed by atoms with van der Waals surface area (Å²) < 4.78 is 0. The van der Waals surface area contributed by atoms with Gasteiger partial charge >= 0.3 is 5.69 Å². The van der Waals surface area contributed by atoms with E-state index in [9.17, 15) is 4.79 Å². The number of aryl methyl sites for hydroxylation is 1. The Labute approximate surface area is 137 Å². The van der Waals surface area contributed by atoms with Gasteiger partial charge in [0.15, 0.2) is 0 Å². The predicted molar refractivity (Wildman–Crippen MR) is 87.5 cm³/mol. The second kappa shape index (κ2) is 6.42. The molecule has 0 spiro atoms. The summed E-state index contributed by atoms with van der Waals surface area (Å²) in [5.74, 6) is 0.722. The molecule has 0 amide bonds. The van der Waals surface area contributed by atoms with Crippen molar-refractivity contribution in [1.82, 2.24) is 9.97 Å². The van der Waals surface area contributed by atoms with Crippen molar-refractivity contribution in [2.45, 2.75) is 36.5 Å². The van der Waals surface area contributed by atoms with Crippen LogP contribution in [0, 0.1) is 0 Å². The van der Waals surface area contributed by atoms with Gasteiger partial charge in [0.25, 0.3) is 0 Å². The molecule has 0 unspecified atom stereocenters. The molecule has 6 heteroatoms. The number of benzene rings is 1. The highest BCUT2D eigenvalue weighted by atomic mass is 35.5. The average molecular weight is 341 g/mol. The van der Waals surface area contributed by atoms with Crippen LogP contribution in [0.1, 0.15) is 29.7 Å².